The van der Waals surface area contributed by atoms with Crippen LogP contribution in [0.15, 0.2) is 42.5 Å². The van der Waals surface area contributed by atoms with E-state index in [2.05, 4.69) is 15.5 Å². The summed E-state index contributed by atoms with van der Waals surface area (Å²) in [5.74, 6) is 0.568. The summed E-state index contributed by atoms with van der Waals surface area (Å²) in [5, 5.41) is 10.9. The summed E-state index contributed by atoms with van der Waals surface area (Å²) >= 11 is 12.8. The van der Waals surface area contributed by atoms with Crippen LogP contribution >= 0.6 is 35.2 Å². The fraction of sp³-hybridized carbons (Fsp3) is 0.200. The van der Waals surface area contributed by atoms with Crippen molar-refractivity contribution in [2.75, 3.05) is 0 Å². The van der Waals surface area contributed by atoms with Gasteiger partial charge in [-0.25, -0.2) is 4.98 Å². The summed E-state index contributed by atoms with van der Waals surface area (Å²) in [4.78, 5) is 18.7. The molecule has 0 radical (unpaired) electrons. The third kappa shape index (κ3) is 3.59. The lowest BCUT2D eigenvalue weighted by atomic mass is 10.1. The molecular weight excluding hydrogens is 426 g/mol. The Morgan fingerprint density at radius 2 is 2.14 bits per heavy atom. The molecule has 0 spiro atoms. The number of benzene rings is 1. The van der Waals surface area contributed by atoms with E-state index >= 15 is 0 Å². The molecule has 1 saturated carbocycles. The molecule has 1 aliphatic rings. The van der Waals surface area contributed by atoms with Crippen molar-refractivity contribution in [3.05, 3.63) is 63.0 Å². The van der Waals surface area contributed by atoms with Crippen molar-refractivity contribution in [3.63, 3.8) is 0 Å². The molecule has 1 aliphatic carbocycles. The molecule has 0 unspecified atom stereocenters. The summed E-state index contributed by atoms with van der Waals surface area (Å²) in [6, 6.07) is 13.6. The van der Waals surface area contributed by atoms with Gasteiger partial charge < -0.3 is 5.32 Å². The zero-order valence-corrected chi connectivity index (χ0v) is 17.6. The van der Waals surface area contributed by atoms with E-state index in [9.17, 15) is 4.79 Å². The quantitative estimate of drug-likeness (QED) is 0.420. The molecule has 0 saturated heterocycles. The number of pyridine rings is 1. The van der Waals surface area contributed by atoms with Crippen molar-refractivity contribution < 1.29 is 4.79 Å². The van der Waals surface area contributed by atoms with Crippen LogP contribution < -0.4 is 5.32 Å². The Bertz CT molecular complexity index is 1290. The number of nitrogens with zero attached hydrogens (tertiary/aromatic N) is 3. The van der Waals surface area contributed by atoms with Crippen molar-refractivity contribution in [3.8, 4) is 10.6 Å². The SMILES string of the molecule is O=C(NCc1n[nH]c(=S)n1C1CC1)c1cc(-c2ccc(Cl)s2)nc2ccccc12. The summed E-state index contributed by atoms with van der Waals surface area (Å²) in [5.41, 5.74) is 2.06. The van der Waals surface area contributed by atoms with Gasteiger partial charge in [0.25, 0.3) is 5.91 Å². The third-order valence-electron chi connectivity index (χ3n) is 4.88. The van der Waals surface area contributed by atoms with Crippen LogP contribution in [0, 0.1) is 4.77 Å². The van der Waals surface area contributed by atoms with Gasteiger partial charge in [0, 0.05) is 11.4 Å². The van der Waals surface area contributed by atoms with Crippen LogP contribution in [0.5, 0.6) is 0 Å². The highest BCUT2D eigenvalue weighted by molar-refractivity contribution is 7.71. The normalized spacial score (nSPS) is 13.7. The highest BCUT2D eigenvalue weighted by Crippen LogP contribution is 2.36. The number of H-pyrrole nitrogens is 1. The fourth-order valence-corrected chi connectivity index (χ4v) is 4.67. The van der Waals surface area contributed by atoms with Crippen molar-refractivity contribution in [2.45, 2.75) is 25.4 Å². The average Bonchev–Trinajstić information content (AvgIpc) is 3.36. The Morgan fingerprint density at radius 1 is 1.31 bits per heavy atom. The first kappa shape index (κ1) is 18.5. The van der Waals surface area contributed by atoms with Crippen molar-refractivity contribution >= 4 is 52.0 Å². The maximum Gasteiger partial charge on any atom is 0.252 e. The first-order chi connectivity index (χ1) is 14.1. The average molecular weight is 442 g/mol. The second kappa shape index (κ2) is 7.37. The van der Waals surface area contributed by atoms with Gasteiger partial charge in [0.15, 0.2) is 10.6 Å². The van der Waals surface area contributed by atoms with Crippen LogP contribution in [-0.2, 0) is 6.54 Å². The molecule has 5 rings (SSSR count). The summed E-state index contributed by atoms with van der Waals surface area (Å²) < 4.78 is 3.28. The lowest BCUT2D eigenvalue weighted by Crippen LogP contribution is -2.25. The van der Waals surface area contributed by atoms with Gasteiger partial charge in [0.05, 0.1) is 32.5 Å². The smallest absolute Gasteiger partial charge is 0.252 e. The number of halogens is 1. The van der Waals surface area contributed by atoms with Crippen LogP contribution in [-0.4, -0.2) is 25.7 Å². The lowest BCUT2D eigenvalue weighted by Gasteiger charge is -2.10. The second-order valence-corrected chi connectivity index (χ2v) is 9.01. The van der Waals surface area contributed by atoms with Gasteiger partial charge in [-0.15, -0.1) is 11.3 Å². The molecule has 3 aromatic heterocycles. The molecule has 29 heavy (non-hydrogen) atoms. The molecule has 3 heterocycles. The van der Waals surface area contributed by atoms with E-state index < -0.39 is 0 Å². The number of carbonyl (C=O) groups excluding carboxylic acids is 1. The van der Waals surface area contributed by atoms with E-state index in [1.165, 1.54) is 11.3 Å². The van der Waals surface area contributed by atoms with E-state index in [0.29, 0.717) is 27.3 Å². The number of fused-ring (bicyclic) bond motifs is 1. The molecule has 9 heteroatoms. The van der Waals surface area contributed by atoms with Crippen LogP contribution in [0.3, 0.4) is 0 Å². The van der Waals surface area contributed by atoms with Crippen LogP contribution in [0.1, 0.15) is 35.1 Å². The number of hydrogen-bond donors (Lipinski definition) is 2. The van der Waals surface area contributed by atoms with Gasteiger partial charge in [-0.3, -0.25) is 14.5 Å². The first-order valence-electron chi connectivity index (χ1n) is 9.19. The topological polar surface area (TPSA) is 75.6 Å². The van der Waals surface area contributed by atoms with E-state index in [1.807, 2.05) is 47.0 Å². The zero-order valence-electron chi connectivity index (χ0n) is 15.2. The first-order valence-corrected chi connectivity index (χ1v) is 10.8. The van der Waals surface area contributed by atoms with Gasteiger partial charge in [-0.05, 0) is 49.3 Å². The lowest BCUT2D eigenvalue weighted by molar-refractivity contribution is 0.0951. The molecule has 1 fully saturated rings. The Kier molecular flexibility index (Phi) is 4.69. The minimum Gasteiger partial charge on any atom is -0.345 e. The third-order valence-corrected chi connectivity index (χ3v) is 6.42. The molecule has 1 aromatic carbocycles. The van der Waals surface area contributed by atoms with Gasteiger partial charge in [0.2, 0.25) is 0 Å². The minimum atomic E-state index is -0.177. The van der Waals surface area contributed by atoms with Gasteiger partial charge in [0.1, 0.15) is 0 Å². The van der Waals surface area contributed by atoms with Gasteiger partial charge in [-0.2, -0.15) is 5.10 Å². The van der Waals surface area contributed by atoms with Crippen molar-refractivity contribution in [1.82, 2.24) is 25.1 Å². The maximum absolute atomic E-state index is 13.1. The van der Waals surface area contributed by atoms with Crippen LogP contribution in [0.2, 0.25) is 4.34 Å². The Morgan fingerprint density at radius 3 is 2.90 bits per heavy atom. The van der Waals surface area contributed by atoms with E-state index in [1.54, 1.807) is 0 Å². The predicted molar refractivity (Wildman–Crippen MR) is 117 cm³/mol. The number of para-hydroxylation sites is 1. The summed E-state index contributed by atoms with van der Waals surface area (Å²) in [7, 11) is 0. The van der Waals surface area contributed by atoms with Gasteiger partial charge >= 0.3 is 0 Å². The number of aromatic amines is 1. The van der Waals surface area contributed by atoms with E-state index in [0.717, 1.165) is 40.1 Å². The maximum atomic E-state index is 13.1. The zero-order chi connectivity index (χ0) is 20.0. The standard InChI is InChI=1S/C20H16ClN5OS2/c21-17-8-7-16(29-17)15-9-13(12-3-1-2-4-14(12)23-15)19(27)22-10-18-24-25-20(28)26(18)11-5-6-11/h1-4,7-9,11H,5-6,10H2,(H,22,27)(H,25,28). The number of aromatic nitrogens is 4. The van der Waals surface area contributed by atoms with E-state index in [-0.39, 0.29) is 5.91 Å². The molecule has 0 atom stereocenters. The van der Waals surface area contributed by atoms with Gasteiger partial charge in [-0.1, -0.05) is 29.8 Å². The molecule has 4 aromatic rings. The van der Waals surface area contributed by atoms with E-state index in [4.69, 9.17) is 28.8 Å². The van der Waals surface area contributed by atoms with Crippen molar-refractivity contribution in [1.29, 1.82) is 0 Å². The predicted octanol–water partition coefficient (Wildman–Crippen LogP) is 5.14. The Balaban J connectivity index is 1.48. The molecule has 2 N–H and O–H groups in total. The molecule has 6 nitrogen and oxygen atoms in total. The largest absolute Gasteiger partial charge is 0.345 e. The molecule has 0 bridgehead atoms. The highest BCUT2D eigenvalue weighted by Gasteiger charge is 2.27. The van der Waals surface area contributed by atoms with Crippen LogP contribution in [0.25, 0.3) is 21.5 Å². The summed E-state index contributed by atoms with van der Waals surface area (Å²) in [6.07, 6.45) is 2.19. The molecule has 0 aliphatic heterocycles. The minimum absolute atomic E-state index is 0.177. The van der Waals surface area contributed by atoms with Crippen molar-refractivity contribution in [2.24, 2.45) is 0 Å². The molecular formula is C20H16ClN5OS2. The second-order valence-electron chi connectivity index (χ2n) is 6.90. The monoisotopic (exact) mass is 441 g/mol. The highest BCUT2D eigenvalue weighted by atomic mass is 35.5. The number of nitrogens with one attached hydrogen (secondary N) is 2. The number of carbonyl (C=O) groups is 1. The number of amides is 1. The molecule has 1 amide bonds. The Labute approximate surface area is 180 Å². The Hall–Kier alpha value is -2.55. The number of hydrogen-bond acceptors (Lipinski definition) is 5. The number of rotatable bonds is 5. The summed E-state index contributed by atoms with van der Waals surface area (Å²) in [6.45, 7) is 0.305. The fourth-order valence-electron chi connectivity index (χ4n) is 3.37. The van der Waals surface area contributed by atoms with Crippen LogP contribution in [0.4, 0.5) is 0 Å². The number of thiophene rings is 1. The molecule has 146 valence electrons.